The Hall–Kier alpha value is -3.38. The molecule has 10 nitrogen and oxygen atoms in total. The normalized spacial score (nSPS) is 16.8. The number of carbonyl (C=O) groups excluding carboxylic acids is 1. The minimum absolute atomic E-state index is 0.228. The van der Waals surface area contributed by atoms with E-state index in [0.29, 0.717) is 15.1 Å². The first kappa shape index (κ1) is 17.1. The summed E-state index contributed by atoms with van der Waals surface area (Å²) in [5, 5.41) is 22.1. The predicted octanol–water partition coefficient (Wildman–Crippen LogP) is 2.99. The van der Waals surface area contributed by atoms with E-state index in [4.69, 9.17) is 4.42 Å². The molecule has 1 amide bonds. The molecule has 0 spiro atoms. The minimum atomic E-state index is -0.632. The molecule has 0 bridgehead atoms. The maximum Gasteiger partial charge on any atom is 0.433 e. The molecule has 1 fully saturated rings. The van der Waals surface area contributed by atoms with Crippen molar-refractivity contribution < 1.29 is 14.1 Å². The van der Waals surface area contributed by atoms with Crippen LogP contribution >= 0.6 is 23.1 Å². The molecule has 134 valence electrons. The number of furan rings is 1. The van der Waals surface area contributed by atoms with Gasteiger partial charge in [0.15, 0.2) is 15.9 Å². The second-order valence-electron chi connectivity index (χ2n) is 5.05. The monoisotopic (exact) mass is 400 g/mol. The highest BCUT2D eigenvalue weighted by Gasteiger charge is 2.24. The lowest BCUT2D eigenvalue weighted by Gasteiger charge is -1.92. The van der Waals surface area contributed by atoms with Crippen molar-refractivity contribution in [3.63, 3.8) is 0 Å². The van der Waals surface area contributed by atoms with Crippen LogP contribution in [0.3, 0.4) is 0 Å². The molecule has 4 heterocycles. The summed E-state index contributed by atoms with van der Waals surface area (Å²) in [4.78, 5) is 30.8. The van der Waals surface area contributed by atoms with Crippen LogP contribution in [0.2, 0.25) is 0 Å². The average Bonchev–Trinajstić information content (AvgIpc) is 3.37. The zero-order valence-corrected chi connectivity index (χ0v) is 14.9. The van der Waals surface area contributed by atoms with Crippen molar-refractivity contribution in [3.8, 4) is 10.8 Å². The lowest BCUT2D eigenvalue weighted by molar-refractivity contribution is -0.401. The largest absolute Gasteiger partial charge is 0.433 e. The maximum atomic E-state index is 12.1. The summed E-state index contributed by atoms with van der Waals surface area (Å²) < 4.78 is 5.09. The van der Waals surface area contributed by atoms with Gasteiger partial charge >= 0.3 is 5.88 Å². The van der Waals surface area contributed by atoms with Crippen molar-refractivity contribution in [1.29, 1.82) is 0 Å². The Kier molecular flexibility index (Phi) is 4.48. The van der Waals surface area contributed by atoms with E-state index in [-0.39, 0.29) is 22.7 Å². The summed E-state index contributed by atoms with van der Waals surface area (Å²) >= 11 is 2.25. The standard InChI is InChI=1S/C15H8N6O4S2/c22-12-10(6-8-2-1-5-16-7-8)26-14(17-12)18-15-20-19-13(27-15)9-3-4-11(25-9)21(23)24/h1-7H,(H,17,18,20,22). The molecule has 0 saturated carbocycles. The lowest BCUT2D eigenvalue weighted by atomic mass is 10.2. The van der Waals surface area contributed by atoms with Gasteiger partial charge < -0.3 is 9.73 Å². The second kappa shape index (κ2) is 7.09. The Bertz CT molecular complexity index is 1090. The van der Waals surface area contributed by atoms with E-state index >= 15 is 0 Å². The van der Waals surface area contributed by atoms with Gasteiger partial charge in [0, 0.05) is 12.4 Å². The van der Waals surface area contributed by atoms with Gasteiger partial charge in [-0.05, 0) is 35.5 Å². The number of nitrogens with one attached hydrogen (secondary N) is 1. The molecular formula is C15H8N6O4S2. The summed E-state index contributed by atoms with van der Waals surface area (Å²) in [6.07, 6.45) is 5.01. The van der Waals surface area contributed by atoms with E-state index in [1.165, 1.54) is 23.9 Å². The number of amides is 1. The van der Waals surface area contributed by atoms with Crippen molar-refractivity contribution in [2.24, 2.45) is 4.99 Å². The first-order valence-corrected chi connectivity index (χ1v) is 8.99. The number of nitrogens with zero attached hydrogens (tertiary/aromatic N) is 5. The first-order chi connectivity index (χ1) is 13.1. The Labute approximate surface area is 159 Å². The lowest BCUT2D eigenvalue weighted by Crippen LogP contribution is -2.19. The molecule has 3 aromatic rings. The number of rotatable bonds is 4. The van der Waals surface area contributed by atoms with E-state index in [1.54, 1.807) is 24.5 Å². The molecule has 0 aromatic carbocycles. The first-order valence-electron chi connectivity index (χ1n) is 7.36. The molecule has 0 atom stereocenters. The van der Waals surface area contributed by atoms with Crippen LogP contribution in [-0.4, -0.2) is 31.2 Å². The van der Waals surface area contributed by atoms with Crippen molar-refractivity contribution in [2.75, 3.05) is 0 Å². The van der Waals surface area contributed by atoms with Gasteiger partial charge in [0.05, 0.1) is 11.0 Å². The number of pyridine rings is 1. The molecule has 3 aromatic heterocycles. The number of nitro groups is 1. The molecule has 0 aliphatic carbocycles. The maximum absolute atomic E-state index is 12.1. The molecule has 4 rings (SSSR count). The predicted molar refractivity (Wildman–Crippen MR) is 99.3 cm³/mol. The molecule has 0 unspecified atom stereocenters. The van der Waals surface area contributed by atoms with E-state index in [0.717, 1.165) is 16.9 Å². The third-order valence-corrected chi connectivity index (χ3v) is 4.97. The van der Waals surface area contributed by atoms with Crippen LogP contribution in [0.15, 0.2) is 51.0 Å². The Morgan fingerprint density at radius 1 is 1.30 bits per heavy atom. The van der Waals surface area contributed by atoms with Gasteiger partial charge in [-0.25, -0.2) is 0 Å². The fraction of sp³-hybridized carbons (Fsp3) is 0. The SMILES string of the molecule is O=C1NC(=Nc2nnc(-c3ccc([N+](=O)[O-])o3)s2)SC1=Cc1cccnc1. The minimum Gasteiger partial charge on any atom is -0.398 e. The highest BCUT2D eigenvalue weighted by Crippen LogP contribution is 2.33. The molecule has 1 aliphatic heterocycles. The molecule has 0 radical (unpaired) electrons. The number of aliphatic imine (C=N–C) groups is 1. The van der Waals surface area contributed by atoms with Crippen LogP contribution in [0.1, 0.15) is 5.56 Å². The number of thioether (sulfide) groups is 1. The fourth-order valence-electron chi connectivity index (χ4n) is 2.08. The summed E-state index contributed by atoms with van der Waals surface area (Å²) in [6.45, 7) is 0. The smallest absolute Gasteiger partial charge is 0.398 e. The van der Waals surface area contributed by atoms with Crippen LogP contribution in [0.25, 0.3) is 16.8 Å². The number of hydrogen-bond acceptors (Lipinski definition) is 10. The third kappa shape index (κ3) is 3.75. The molecule has 27 heavy (non-hydrogen) atoms. The molecule has 12 heteroatoms. The zero-order valence-electron chi connectivity index (χ0n) is 13.2. The molecule has 1 N–H and O–H groups in total. The van der Waals surface area contributed by atoms with Crippen molar-refractivity contribution in [2.45, 2.75) is 0 Å². The van der Waals surface area contributed by atoms with Gasteiger partial charge in [0.25, 0.3) is 5.91 Å². The second-order valence-corrected chi connectivity index (χ2v) is 7.04. The van der Waals surface area contributed by atoms with E-state index in [2.05, 4.69) is 25.5 Å². The van der Waals surface area contributed by atoms with Gasteiger partial charge in [0.2, 0.25) is 5.13 Å². The Balaban J connectivity index is 1.53. The van der Waals surface area contributed by atoms with Gasteiger partial charge in [-0.2, -0.15) is 4.99 Å². The van der Waals surface area contributed by atoms with Gasteiger partial charge in [0.1, 0.15) is 4.92 Å². The zero-order chi connectivity index (χ0) is 18.8. The summed E-state index contributed by atoms with van der Waals surface area (Å²) in [7, 11) is 0. The van der Waals surface area contributed by atoms with Crippen molar-refractivity contribution in [1.82, 2.24) is 20.5 Å². The van der Waals surface area contributed by atoms with Crippen LogP contribution in [-0.2, 0) is 4.79 Å². The van der Waals surface area contributed by atoms with Crippen LogP contribution in [0.5, 0.6) is 0 Å². The number of hydrogen-bond donors (Lipinski definition) is 1. The van der Waals surface area contributed by atoms with Crippen molar-refractivity contribution in [3.05, 3.63) is 57.2 Å². The third-order valence-electron chi connectivity index (χ3n) is 3.23. The fourth-order valence-corrected chi connectivity index (χ4v) is 3.65. The van der Waals surface area contributed by atoms with Crippen LogP contribution in [0.4, 0.5) is 11.0 Å². The highest BCUT2D eigenvalue weighted by molar-refractivity contribution is 8.18. The van der Waals surface area contributed by atoms with E-state index in [9.17, 15) is 14.9 Å². The number of amidine groups is 1. The van der Waals surface area contributed by atoms with Crippen LogP contribution < -0.4 is 5.32 Å². The summed E-state index contributed by atoms with van der Waals surface area (Å²) in [6, 6.07) is 6.30. The molecule has 1 aliphatic rings. The Morgan fingerprint density at radius 3 is 2.93 bits per heavy atom. The summed E-state index contributed by atoms with van der Waals surface area (Å²) in [5.74, 6) is -0.420. The number of aromatic nitrogens is 3. The van der Waals surface area contributed by atoms with Gasteiger partial charge in [-0.1, -0.05) is 17.4 Å². The average molecular weight is 400 g/mol. The van der Waals surface area contributed by atoms with Crippen LogP contribution in [0, 0.1) is 10.1 Å². The molecular weight excluding hydrogens is 392 g/mol. The number of carbonyl (C=O) groups is 1. The van der Waals surface area contributed by atoms with Crippen molar-refractivity contribution >= 4 is 51.3 Å². The topological polar surface area (TPSA) is 136 Å². The quantitative estimate of drug-likeness (QED) is 0.401. The van der Waals surface area contributed by atoms with E-state index in [1.807, 2.05) is 6.07 Å². The highest BCUT2D eigenvalue weighted by atomic mass is 32.2. The molecule has 1 saturated heterocycles. The van der Waals surface area contributed by atoms with E-state index < -0.39 is 4.92 Å². The summed E-state index contributed by atoms with van der Waals surface area (Å²) in [5.41, 5.74) is 0.800. The van der Waals surface area contributed by atoms with Gasteiger partial charge in [-0.3, -0.25) is 19.9 Å². The Morgan fingerprint density at radius 2 is 2.19 bits per heavy atom. The van der Waals surface area contributed by atoms with Gasteiger partial charge in [-0.15, -0.1) is 10.2 Å².